The van der Waals surface area contributed by atoms with Gasteiger partial charge in [-0.15, -0.1) is 0 Å². The number of methoxy groups -OCH3 is 1. The van der Waals surface area contributed by atoms with E-state index in [1.807, 2.05) is 12.1 Å². The molecule has 0 N–H and O–H groups in total. The van der Waals surface area contributed by atoms with E-state index < -0.39 is 0 Å². The molecular weight excluding hydrogens is 240 g/mol. The van der Waals surface area contributed by atoms with Crippen LogP contribution >= 0.6 is 15.9 Å². The van der Waals surface area contributed by atoms with Crippen molar-refractivity contribution >= 4 is 15.9 Å². The lowest BCUT2D eigenvalue weighted by Crippen LogP contribution is -2.04. The number of benzene rings is 1. The summed E-state index contributed by atoms with van der Waals surface area (Å²) in [6.07, 6.45) is 2.74. The fourth-order valence-electron chi connectivity index (χ4n) is 1.93. The molecule has 2 rings (SSSR count). The van der Waals surface area contributed by atoms with Crippen LogP contribution in [0.4, 0.5) is 0 Å². The molecule has 1 atom stereocenters. The average molecular weight is 255 g/mol. The molecule has 0 bridgehead atoms. The van der Waals surface area contributed by atoms with Gasteiger partial charge in [0.15, 0.2) is 0 Å². The van der Waals surface area contributed by atoms with Gasteiger partial charge in [0.25, 0.3) is 0 Å². The van der Waals surface area contributed by atoms with E-state index >= 15 is 0 Å². The Hall–Kier alpha value is -0.500. The van der Waals surface area contributed by atoms with E-state index in [0.29, 0.717) is 5.92 Å². The minimum absolute atomic E-state index is 0.631. The van der Waals surface area contributed by atoms with Crippen LogP contribution in [0.25, 0.3) is 0 Å². The SMILES string of the molecule is COc1ccccc1C(CBr)C1CC1. The summed E-state index contributed by atoms with van der Waals surface area (Å²) >= 11 is 3.60. The second kappa shape index (κ2) is 4.35. The fourth-order valence-corrected chi connectivity index (χ4v) is 2.81. The lowest BCUT2D eigenvalue weighted by Gasteiger charge is -2.16. The molecule has 1 unspecified atom stereocenters. The van der Waals surface area contributed by atoms with Gasteiger partial charge in [0.2, 0.25) is 0 Å². The first-order valence-corrected chi connectivity index (χ1v) is 6.18. The molecule has 0 aromatic heterocycles. The molecule has 0 heterocycles. The first-order valence-electron chi connectivity index (χ1n) is 5.05. The van der Waals surface area contributed by atoms with Gasteiger partial charge in [-0.3, -0.25) is 0 Å². The highest BCUT2D eigenvalue weighted by molar-refractivity contribution is 9.09. The largest absolute Gasteiger partial charge is 0.496 e. The number of hydrogen-bond acceptors (Lipinski definition) is 1. The van der Waals surface area contributed by atoms with E-state index in [-0.39, 0.29) is 0 Å². The maximum Gasteiger partial charge on any atom is 0.122 e. The average Bonchev–Trinajstić information content (AvgIpc) is 3.04. The van der Waals surface area contributed by atoms with E-state index in [2.05, 4.69) is 28.1 Å². The summed E-state index contributed by atoms with van der Waals surface area (Å²) in [6.45, 7) is 0. The Bertz CT molecular complexity index is 307. The summed E-state index contributed by atoms with van der Waals surface area (Å²) in [5.41, 5.74) is 1.36. The van der Waals surface area contributed by atoms with E-state index in [4.69, 9.17) is 4.74 Å². The third-order valence-electron chi connectivity index (χ3n) is 2.90. The Morgan fingerprint density at radius 2 is 2.14 bits per heavy atom. The molecule has 0 radical (unpaired) electrons. The summed E-state index contributed by atoms with van der Waals surface area (Å²) in [5, 5.41) is 1.04. The van der Waals surface area contributed by atoms with Gasteiger partial charge < -0.3 is 4.74 Å². The van der Waals surface area contributed by atoms with E-state index in [0.717, 1.165) is 17.0 Å². The van der Waals surface area contributed by atoms with Crippen LogP contribution in [0.15, 0.2) is 24.3 Å². The highest BCUT2D eigenvalue weighted by Crippen LogP contribution is 2.45. The summed E-state index contributed by atoms with van der Waals surface area (Å²) in [5.74, 6) is 2.53. The molecule has 1 aliphatic carbocycles. The van der Waals surface area contributed by atoms with Gasteiger partial charge >= 0.3 is 0 Å². The maximum absolute atomic E-state index is 5.39. The number of hydrogen-bond donors (Lipinski definition) is 0. The lowest BCUT2D eigenvalue weighted by atomic mass is 9.95. The minimum Gasteiger partial charge on any atom is -0.496 e. The van der Waals surface area contributed by atoms with Gasteiger partial charge in [-0.2, -0.15) is 0 Å². The first-order chi connectivity index (χ1) is 6.86. The molecular formula is C12H15BrO. The normalized spacial score (nSPS) is 17.9. The van der Waals surface area contributed by atoms with Gasteiger partial charge in [-0.1, -0.05) is 34.1 Å². The molecule has 14 heavy (non-hydrogen) atoms. The summed E-state index contributed by atoms with van der Waals surface area (Å²) in [7, 11) is 1.75. The van der Waals surface area contributed by atoms with Crippen molar-refractivity contribution < 1.29 is 4.74 Å². The van der Waals surface area contributed by atoms with Crippen molar-refractivity contribution in [3.8, 4) is 5.75 Å². The van der Waals surface area contributed by atoms with Crippen LogP contribution in [-0.2, 0) is 0 Å². The minimum atomic E-state index is 0.631. The molecule has 0 aliphatic heterocycles. The van der Waals surface area contributed by atoms with Crippen molar-refractivity contribution in [3.05, 3.63) is 29.8 Å². The number of ether oxygens (including phenoxy) is 1. The zero-order chi connectivity index (χ0) is 9.97. The number of alkyl halides is 1. The number of halogens is 1. The van der Waals surface area contributed by atoms with Crippen LogP contribution in [0, 0.1) is 5.92 Å². The molecule has 1 saturated carbocycles. The topological polar surface area (TPSA) is 9.23 Å². The van der Waals surface area contributed by atoms with Crippen molar-refractivity contribution in [1.82, 2.24) is 0 Å². The molecule has 1 fully saturated rings. The molecule has 1 aromatic carbocycles. The number of para-hydroxylation sites is 1. The Balaban J connectivity index is 2.27. The predicted octanol–water partition coefficient (Wildman–Crippen LogP) is 3.58. The van der Waals surface area contributed by atoms with Crippen LogP contribution in [0.2, 0.25) is 0 Å². The van der Waals surface area contributed by atoms with Crippen LogP contribution in [0.3, 0.4) is 0 Å². The predicted molar refractivity (Wildman–Crippen MR) is 62.3 cm³/mol. The van der Waals surface area contributed by atoms with Crippen molar-refractivity contribution in [3.63, 3.8) is 0 Å². The second-order valence-electron chi connectivity index (χ2n) is 3.84. The third kappa shape index (κ3) is 1.95. The zero-order valence-electron chi connectivity index (χ0n) is 8.37. The van der Waals surface area contributed by atoms with E-state index in [1.54, 1.807) is 7.11 Å². The zero-order valence-corrected chi connectivity index (χ0v) is 9.96. The Labute approximate surface area is 93.6 Å². The van der Waals surface area contributed by atoms with Crippen molar-refractivity contribution in [2.45, 2.75) is 18.8 Å². The highest BCUT2D eigenvalue weighted by Gasteiger charge is 2.32. The Morgan fingerprint density at radius 1 is 1.43 bits per heavy atom. The maximum atomic E-state index is 5.39. The molecule has 1 aromatic rings. The summed E-state index contributed by atoms with van der Waals surface area (Å²) in [6, 6.07) is 8.35. The second-order valence-corrected chi connectivity index (χ2v) is 4.49. The van der Waals surface area contributed by atoms with Crippen LogP contribution < -0.4 is 4.74 Å². The monoisotopic (exact) mass is 254 g/mol. The van der Waals surface area contributed by atoms with Gasteiger partial charge in [-0.05, 0) is 30.4 Å². The van der Waals surface area contributed by atoms with Crippen molar-refractivity contribution in [2.75, 3.05) is 12.4 Å². The van der Waals surface area contributed by atoms with Crippen molar-refractivity contribution in [1.29, 1.82) is 0 Å². The smallest absolute Gasteiger partial charge is 0.122 e. The molecule has 0 amide bonds. The molecule has 0 spiro atoms. The van der Waals surface area contributed by atoms with E-state index in [1.165, 1.54) is 18.4 Å². The molecule has 1 aliphatic rings. The van der Waals surface area contributed by atoms with Crippen LogP contribution in [0.5, 0.6) is 5.75 Å². The quantitative estimate of drug-likeness (QED) is 0.747. The van der Waals surface area contributed by atoms with Gasteiger partial charge in [0.05, 0.1) is 7.11 Å². The highest BCUT2D eigenvalue weighted by atomic mass is 79.9. The molecule has 0 saturated heterocycles. The molecule has 2 heteroatoms. The van der Waals surface area contributed by atoms with Crippen LogP contribution in [-0.4, -0.2) is 12.4 Å². The Morgan fingerprint density at radius 3 is 2.71 bits per heavy atom. The first kappa shape index (κ1) is 10.0. The molecule has 1 nitrogen and oxygen atoms in total. The third-order valence-corrected chi connectivity index (χ3v) is 3.59. The van der Waals surface area contributed by atoms with Crippen molar-refractivity contribution in [2.24, 2.45) is 5.92 Å². The van der Waals surface area contributed by atoms with Gasteiger partial charge in [0.1, 0.15) is 5.75 Å². The molecule has 76 valence electrons. The number of rotatable bonds is 4. The summed E-state index contributed by atoms with van der Waals surface area (Å²) in [4.78, 5) is 0. The summed E-state index contributed by atoms with van der Waals surface area (Å²) < 4.78 is 5.39. The lowest BCUT2D eigenvalue weighted by molar-refractivity contribution is 0.405. The van der Waals surface area contributed by atoms with Gasteiger partial charge in [-0.25, -0.2) is 0 Å². The Kier molecular flexibility index (Phi) is 3.12. The van der Waals surface area contributed by atoms with E-state index in [9.17, 15) is 0 Å². The standard InChI is InChI=1S/C12H15BrO/c1-14-12-5-3-2-4-10(12)11(8-13)9-6-7-9/h2-5,9,11H,6-8H2,1H3. The fraction of sp³-hybridized carbons (Fsp3) is 0.500. The van der Waals surface area contributed by atoms with Gasteiger partial charge in [0, 0.05) is 11.2 Å². The van der Waals surface area contributed by atoms with Crippen LogP contribution in [0.1, 0.15) is 24.3 Å².